The average Bonchev–Trinajstić information content (AvgIpc) is 2.30. The Labute approximate surface area is 85.7 Å². The molecular formula is C12H18N2. The molecule has 0 bridgehead atoms. The van der Waals surface area contributed by atoms with E-state index in [1.54, 1.807) is 0 Å². The van der Waals surface area contributed by atoms with Crippen LogP contribution in [0.2, 0.25) is 0 Å². The van der Waals surface area contributed by atoms with Gasteiger partial charge in [-0.2, -0.15) is 0 Å². The Bertz CT molecular complexity index is 271. The van der Waals surface area contributed by atoms with Crippen molar-refractivity contribution < 1.29 is 0 Å². The molecule has 0 aliphatic carbocycles. The Morgan fingerprint density at radius 3 is 2.71 bits per heavy atom. The van der Waals surface area contributed by atoms with Gasteiger partial charge < -0.3 is 10.6 Å². The van der Waals surface area contributed by atoms with Gasteiger partial charge in [0.05, 0.1) is 0 Å². The fraction of sp³-hybridized carbons (Fsp3) is 0.500. The minimum Gasteiger partial charge on any atom is -0.316 e. The molecule has 2 unspecified atom stereocenters. The summed E-state index contributed by atoms with van der Waals surface area (Å²) in [5.41, 5.74) is 1.46. The molecule has 1 aliphatic rings. The second kappa shape index (κ2) is 4.58. The molecule has 0 spiro atoms. The molecule has 2 rings (SSSR count). The Kier molecular flexibility index (Phi) is 3.17. The molecule has 1 aromatic carbocycles. The summed E-state index contributed by atoms with van der Waals surface area (Å²) in [5, 5.41) is 6.81. The minimum atomic E-state index is 0.619. The van der Waals surface area contributed by atoms with Gasteiger partial charge in [0.25, 0.3) is 0 Å². The number of benzene rings is 1. The lowest BCUT2D eigenvalue weighted by molar-refractivity contribution is 0.373. The van der Waals surface area contributed by atoms with E-state index in [0.29, 0.717) is 12.0 Å². The van der Waals surface area contributed by atoms with Crippen molar-refractivity contribution in [1.82, 2.24) is 10.6 Å². The maximum atomic E-state index is 3.47. The summed E-state index contributed by atoms with van der Waals surface area (Å²) in [6.45, 7) is 2.21. The molecule has 1 fully saturated rings. The highest BCUT2D eigenvalue weighted by atomic mass is 15.0. The van der Waals surface area contributed by atoms with Gasteiger partial charge >= 0.3 is 0 Å². The zero-order valence-electron chi connectivity index (χ0n) is 8.66. The van der Waals surface area contributed by atoms with Crippen LogP contribution in [0.5, 0.6) is 0 Å². The molecule has 2 atom stereocenters. The van der Waals surface area contributed by atoms with Crippen molar-refractivity contribution in [2.45, 2.75) is 18.4 Å². The molecule has 0 amide bonds. The summed E-state index contributed by atoms with van der Waals surface area (Å²) in [5.74, 6) is 0.669. The third kappa shape index (κ3) is 2.14. The Balaban J connectivity index is 2.04. The maximum Gasteiger partial charge on any atom is 0.0195 e. The normalized spacial score (nSPS) is 27.5. The first-order valence-corrected chi connectivity index (χ1v) is 5.33. The first kappa shape index (κ1) is 9.69. The summed E-state index contributed by atoms with van der Waals surface area (Å²) in [6, 6.07) is 11.4. The molecule has 2 heteroatoms. The van der Waals surface area contributed by atoms with Gasteiger partial charge in [-0.15, -0.1) is 0 Å². The number of likely N-dealkylation sites (N-methyl/N-ethyl adjacent to an activating group) is 1. The van der Waals surface area contributed by atoms with Crippen molar-refractivity contribution in [3.05, 3.63) is 35.9 Å². The van der Waals surface area contributed by atoms with Crippen LogP contribution in [0.15, 0.2) is 30.3 Å². The van der Waals surface area contributed by atoms with Crippen LogP contribution in [0.3, 0.4) is 0 Å². The third-order valence-corrected chi connectivity index (χ3v) is 3.03. The van der Waals surface area contributed by atoms with Crippen molar-refractivity contribution >= 4 is 0 Å². The van der Waals surface area contributed by atoms with Gasteiger partial charge in [0.2, 0.25) is 0 Å². The summed E-state index contributed by atoms with van der Waals surface area (Å²) in [4.78, 5) is 0. The smallest absolute Gasteiger partial charge is 0.0195 e. The monoisotopic (exact) mass is 190 g/mol. The van der Waals surface area contributed by atoms with Gasteiger partial charge in [-0.05, 0) is 24.9 Å². The summed E-state index contributed by atoms with van der Waals surface area (Å²) in [6.07, 6.45) is 1.24. The second-order valence-corrected chi connectivity index (χ2v) is 3.99. The van der Waals surface area contributed by atoms with Crippen LogP contribution in [0.1, 0.15) is 17.9 Å². The van der Waals surface area contributed by atoms with Crippen LogP contribution < -0.4 is 10.6 Å². The maximum absolute atomic E-state index is 3.47. The van der Waals surface area contributed by atoms with Crippen LogP contribution in [-0.4, -0.2) is 26.2 Å². The molecule has 1 aromatic rings. The average molecular weight is 190 g/mol. The van der Waals surface area contributed by atoms with Crippen molar-refractivity contribution in [1.29, 1.82) is 0 Å². The molecule has 1 aliphatic heterocycles. The van der Waals surface area contributed by atoms with E-state index in [0.717, 1.165) is 13.1 Å². The molecule has 76 valence electrons. The lowest BCUT2D eigenvalue weighted by atomic mass is 9.89. The molecular weight excluding hydrogens is 172 g/mol. The largest absolute Gasteiger partial charge is 0.316 e. The molecule has 2 N–H and O–H groups in total. The number of nitrogens with one attached hydrogen (secondary N) is 2. The van der Waals surface area contributed by atoms with E-state index in [9.17, 15) is 0 Å². The number of rotatable bonds is 2. The van der Waals surface area contributed by atoms with E-state index >= 15 is 0 Å². The lowest BCUT2D eigenvalue weighted by Crippen LogP contribution is -2.44. The van der Waals surface area contributed by atoms with E-state index in [1.165, 1.54) is 12.0 Å². The molecule has 0 radical (unpaired) electrons. The molecule has 0 saturated carbocycles. The van der Waals surface area contributed by atoms with Gasteiger partial charge in [-0.25, -0.2) is 0 Å². The summed E-state index contributed by atoms with van der Waals surface area (Å²) >= 11 is 0. The highest BCUT2D eigenvalue weighted by Crippen LogP contribution is 2.22. The second-order valence-electron chi connectivity index (χ2n) is 3.99. The third-order valence-electron chi connectivity index (χ3n) is 3.03. The van der Waals surface area contributed by atoms with Crippen molar-refractivity contribution in [2.75, 3.05) is 20.1 Å². The van der Waals surface area contributed by atoms with Crippen molar-refractivity contribution in [2.24, 2.45) is 0 Å². The van der Waals surface area contributed by atoms with Gasteiger partial charge in [0.1, 0.15) is 0 Å². The van der Waals surface area contributed by atoms with Crippen LogP contribution >= 0.6 is 0 Å². The quantitative estimate of drug-likeness (QED) is 0.735. The lowest BCUT2D eigenvalue weighted by Gasteiger charge is -2.30. The fourth-order valence-electron chi connectivity index (χ4n) is 2.14. The van der Waals surface area contributed by atoms with E-state index in [2.05, 4.69) is 41.0 Å². The Morgan fingerprint density at radius 1 is 1.21 bits per heavy atom. The summed E-state index contributed by atoms with van der Waals surface area (Å²) < 4.78 is 0. The van der Waals surface area contributed by atoms with Crippen LogP contribution in [0, 0.1) is 0 Å². The topological polar surface area (TPSA) is 24.1 Å². The van der Waals surface area contributed by atoms with Crippen LogP contribution in [0.25, 0.3) is 0 Å². The first-order chi connectivity index (χ1) is 6.90. The number of hydrogen-bond donors (Lipinski definition) is 2. The zero-order valence-corrected chi connectivity index (χ0v) is 8.66. The van der Waals surface area contributed by atoms with Gasteiger partial charge in [-0.3, -0.25) is 0 Å². The van der Waals surface area contributed by atoms with Gasteiger partial charge in [0.15, 0.2) is 0 Å². The highest BCUT2D eigenvalue weighted by Gasteiger charge is 2.21. The number of hydrogen-bond acceptors (Lipinski definition) is 2. The van der Waals surface area contributed by atoms with Gasteiger partial charge in [0, 0.05) is 19.1 Å². The highest BCUT2D eigenvalue weighted by molar-refractivity contribution is 5.20. The molecule has 0 aromatic heterocycles. The fourth-order valence-corrected chi connectivity index (χ4v) is 2.14. The zero-order chi connectivity index (χ0) is 9.80. The van der Waals surface area contributed by atoms with E-state index in [1.807, 2.05) is 7.05 Å². The van der Waals surface area contributed by atoms with Crippen LogP contribution in [-0.2, 0) is 0 Å². The predicted molar refractivity (Wildman–Crippen MR) is 59.5 cm³/mol. The summed E-state index contributed by atoms with van der Waals surface area (Å²) in [7, 11) is 2.04. The molecule has 1 heterocycles. The van der Waals surface area contributed by atoms with E-state index in [-0.39, 0.29) is 0 Å². The minimum absolute atomic E-state index is 0.619. The Hall–Kier alpha value is -0.860. The van der Waals surface area contributed by atoms with E-state index in [4.69, 9.17) is 0 Å². The standard InChI is InChI=1S/C12H18N2/c1-13-12-7-11(8-14-9-12)10-5-3-2-4-6-10/h2-6,11-14H,7-9H2,1H3. The van der Waals surface area contributed by atoms with Crippen molar-refractivity contribution in [3.8, 4) is 0 Å². The van der Waals surface area contributed by atoms with E-state index < -0.39 is 0 Å². The molecule has 14 heavy (non-hydrogen) atoms. The number of piperidine rings is 1. The Morgan fingerprint density at radius 2 is 2.00 bits per heavy atom. The van der Waals surface area contributed by atoms with Crippen molar-refractivity contribution in [3.63, 3.8) is 0 Å². The predicted octanol–water partition coefficient (Wildman–Crippen LogP) is 1.35. The van der Waals surface area contributed by atoms with Gasteiger partial charge in [-0.1, -0.05) is 30.3 Å². The molecule has 2 nitrogen and oxygen atoms in total. The first-order valence-electron chi connectivity index (χ1n) is 5.33. The molecule has 1 saturated heterocycles. The van der Waals surface area contributed by atoms with Crippen LogP contribution in [0.4, 0.5) is 0 Å². The SMILES string of the molecule is CNC1CNCC(c2ccccc2)C1.